The summed E-state index contributed by atoms with van der Waals surface area (Å²) < 4.78 is 0. The van der Waals surface area contributed by atoms with Crippen molar-refractivity contribution in [2.24, 2.45) is 62.6 Å². The summed E-state index contributed by atoms with van der Waals surface area (Å²) in [6.45, 7) is 6.18. The van der Waals surface area contributed by atoms with Crippen molar-refractivity contribution in [3.05, 3.63) is 23.3 Å². The number of aliphatic hydroxyl groups is 7. The standard InChI is InChI=1S/C42H58O11/c1-36-10-7-22(45)14-28(36)29(47)16-27-26-9-12-41(53,34(51)20-44)38(26,3)18-32(49)42(27,36)31-15-23(46)13-21-5-6-24-25-8-11-40(52,33(50)19-43)37(25,2)17-30(48)35(24)39(21,31)4/h13-14,24-27,29-32,35,43-44,47-49,52-53H,5-12,15-20H2,1-4H3/t24-,25-,26-,27-,29?,30-,31?,32-,35+,36-,37-,38-,39+,40-,41-,42-/m0/s1. The highest BCUT2D eigenvalue weighted by molar-refractivity contribution is 5.93. The molecule has 2 unspecified atom stereocenters. The van der Waals surface area contributed by atoms with Gasteiger partial charge < -0.3 is 35.7 Å². The van der Waals surface area contributed by atoms with E-state index in [-0.39, 0.29) is 74.3 Å². The van der Waals surface area contributed by atoms with Crippen LogP contribution in [-0.4, -0.2) is 102 Å². The van der Waals surface area contributed by atoms with Crippen LogP contribution in [-0.2, 0) is 19.2 Å². The van der Waals surface area contributed by atoms with Gasteiger partial charge in [0.1, 0.15) is 24.4 Å². The van der Waals surface area contributed by atoms with Gasteiger partial charge in [0.05, 0.1) is 18.3 Å². The summed E-state index contributed by atoms with van der Waals surface area (Å²) in [5.74, 6) is -3.69. The fourth-order valence-corrected chi connectivity index (χ4v) is 16.2. The molecule has 11 nitrogen and oxygen atoms in total. The zero-order chi connectivity index (χ0) is 38.5. The van der Waals surface area contributed by atoms with Crippen LogP contribution in [0.5, 0.6) is 0 Å². The summed E-state index contributed by atoms with van der Waals surface area (Å²) in [4.78, 5) is 53.7. The van der Waals surface area contributed by atoms with E-state index in [9.17, 15) is 54.9 Å². The van der Waals surface area contributed by atoms with Crippen LogP contribution in [0, 0.1) is 62.6 Å². The number of fused-ring (bicyclic) bond motifs is 10. The first-order valence-corrected chi connectivity index (χ1v) is 20.0. The van der Waals surface area contributed by atoms with Crippen molar-refractivity contribution in [1.29, 1.82) is 0 Å². The van der Waals surface area contributed by atoms with E-state index in [2.05, 4.69) is 6.92 Å². The summed E-state index contributed by atoms with van der Waals surface area (Å²) in [5, 5.41) is 81.6. The van der Waals surface area contributed by atoms with Crippen LogP contribution in [0.2, 0.25) is 0 Å². The molecular weight excluding hydrogens is 680 g/mol. The predicted molar refractivity (Wildman–Crippen MR) is 189 cm³/mol. The molecule has 11 heteroatoms. The summed E-state index contributed by atoms with van der Waals surface area (Å²) in [6, 6.07) is 0. The maximum absolute atomic E-state index is 14.1. The topological polar surface area (TPSA) is 210 Å². The highest BCUT2D eigenvalue weighted by Gasteiger charge is 2.79. The van der Waals surface area contributed by atoms with Crippen LogP contribution in [0.25, 0.3) is 0 Å². The number of Topliss-reactive ketones (excluding diaryl/α,β-unsaturated/α-hetero) is 2. The Morgan fingerprint density at radius 3 is 1.98 bits per heavy atom. The Labute approximate surface area is 310 Å². The average molecular weight is 739 g/mol. The molecule has 0 bridgehead atoms. The van der Waals surface area contributed by atoms with Crippen molar-refractivity contribution >= 4 is 23.1 Å². The SMILES string of the molecule is C[C@]12CCC(=O)C=C1C(O)C[C@H]1[C@@H]3CC[C@](O)(C(=O)CO)[C@@]3(C)C[C@H](O)[C@@]12C1CC(=O)C=C2CC[C@@H]3[C@H]([C@@H](O)C[C@@]4(C)[C@H]3CC[C@]4(O)C(=O)CO)[C@]21C. The maximum atomic E-state index is 14.1. The minimum Gasteiger partial charge on any atom is -0.393 e. The zero-order valence-corrected chi connectivity index (χ0v) is 31.5. The van der Waals surface area contributed by atoms with Gasteiger partial charge in [0.15, 0.2) is 23.1 Å². The molecule has 0 amide bonds. The first kappa shape index (κ1) is 37.8. The van der Waals surface area contributed by atoms with E-state index in [1.165, 1.54) is 0 Å². The molecule has 292 valence electrons. The second-order valence-electron chi connectivity index (χ2n) is 19.6. The van der Waals surface area contributed by atoms with Crippen LogP contribution in [0.1, 0.15) is 105 Å². The quantitative estimate of drug-likeness (QED) is 0.217. The minimum atomic E-state index is -1.90. The van der Waals surface area contributed by atoms with Gasteiger partial charge in [-0.1, -0.05) is 33.3 Å². The van der Waals surface area contributed by atoms with Gasteiger partial charge >= 0.3 is 0 Å². The Morgan fingerprint density at radius 1 is 0.755 bits per heavy atom. The molecule has 53 heavy (non-hydrogen) atoms. The van der Waals surface area contributed by atoms with Gasteiger partial charge in [0.25, 0.3) is 0 Å². The fraction of sp³-hybridized carbons (Fsp3) is 0.810. The summed E-state index contributed by atoms with van der Waals surface area (Å²) >= 11 is 0. The lowest BCUT2D eigenvalue weighted by molar-refractivity contribution is -0.276. The number of carbonyl (C=O) groups excluding carboxylic acids is 4. The summed E-state index contributed by atoms with van der Waals surface area (Å²) in [7, 11) is 0. The molecule has 7 N–H and O–H groups in total. The molecule has 0 aromatic heterocycles. The van der Waals surface area contributed by atoms with E-state index in [0.29, 0.717) is 37.7 Å². The van der Waals surface area contributed by atoms with E-state index >= 15 is 0 Å². The molecule has 0 aromatic rings. The minimum absolute atomic E-state index is 0.0107. The average Bonchev–Trinajstić information content (AvgIpc) is 3.53. The Balaban J connectivity index is 1.34. The molecule has 6 fully saturated rings. The largest absolute Gasteiger partial charge is 0.393 e. The molecule has 16 atom stereocenters. The number of hydrogen-bond acceptors (Lipinski definition) is 11. The Hall–Kier alpha value is -2.12. The third kappa shape index (κ3) is 4.26. The van der Waals surface area contributed by atoms with E-state index in [1.807, 2.05) is 20.8 Å². The van der Waals surface area contributed by atoms with Crippen molar-refractivity contribution in [1.82, 2.24) is 0 Å². The van der Waals surface area contributed by atoms with Gasteiger partial charge in [-0.2, -0.15) is 0 Å². The molecular formula is C42H58O11. The molecule has 8 rings (SSSR count). The van der Waals surface area contributed by atoms with E-state index in [0.717, 1.165) is 5.57 Å². The van der Waals surface area contributed by atoms with Crippen molar-refractivity contribution in [2.45, 2.75) is 134 Å². The first-order chi connectivity index (χ1) is 24.8. The third-order valence-corrected chi connectivity index (χ3v) is 18.5. The summed E-state index contributed by atoms with van der Waals surface area (Å²) in [5.41, 5.74) is -7.31. The second-order valence-corrected chi connectivity index (χ2v) is 19.6. The molecule has 8 aliphatic rings. The van der Waals surface area contributed by atoms with E-state index in [1.54, 1.807) is 12.2 Å². The summed E-state index contributed by atoms with van der Waals surface area (Å²) in [6.07, 6.45) is 3.34. The second kappa shape index (κ2) is 11.7. The Morgan fingerprint density at radius 2 is 1.36 bits per heavy atom. The molecule has 0 radical (unpaired) electrons. The van der Waals surface area contributed by atoms with Crippen LogP contribution in [0.4, 0.5) is 0 Å². The first-order valence-electron chi connectivity index (χ1n) is 20.0. The van der Waals surface area contributed by atoms with Crippen LogP contribution >= 0.6 is 0 Å². The van der Waals surface area contributed by atoms with Crippen molar-refractivity contribution in [3.63, 3.8) is 0 Å². The van der Waals surface area contributed by atoms with Gasteiger partial charge in [-0.25, -0.2) is 0 Å². The molecule has 0 heterocycles. The maximum Gasteiger partial charge on any atom is 0.190 e. The number of rotatable bonds is 5. The van der Waals surface area contributed by atoms with Crippen LogP contribution < -0.4 is 0 Å². The fourth-order valence-electron chi connectivity index (χ4n) is 16.2. The monoisotopic (exact) mass is 738 g/mol. The lowest BCUT2D eigenvalue weighted by Crippen LogP contribution is -2.74. The van der Waals surface area contributed by atoms with Gasteiger partial charge in [-0.15, -0.1) is 0 Å². The lowest BCUT2D eigenvalue weighted by Gasteiger charge is -2.74. The van der Waals surface area contributed by atoms with Gasteiger partial charge in [0, 0.05) is 34.5 Å². The van der Waals surface area contributed by atoms with Crippen molar-refractivity contribution in [3.8, 4) is 0 Å². The van der Waals surface area contributed by atoms with Gasteiger partial charge in [-0.3, -0.25) is 19.2 Å². The van der Waals surface area contributed by atoms with Crippen LogP contribution in [0.15, 0.2) is 23.3 Å². The van der Waals surface area contributed by atoms with E-state index < -0.39 is 99.1 Å². The predicted octanol–water partition coefficient (Wildman–Crippen LogP) is 2.14. The van der Waals surface area contributed by atoms with Crippen LogP contribution in [0.3, 0.4) is 0 Å². The Bertz CT molecular complexity index is 1720. The molecule has 0 saturated heterocycles. The number of hydrogen-bond donors (Lipinski definition) is 7. The number of allylic oxidation sites excluding steroid dienone is 1. The smallest absolute Gasteiger partial charge is 0.190 e. The number of carbonyl (C=O) groups is 4. The zero-order valence-electron chi connectivity index (χ0n) is 31.5. The van der Waals surface area contributed by atoms with Crippen molar-refractivity contribution < 1.29 is 54.9 Å². The molecule has 0 aliphatic heterocycles. The lowest BCUT2D eigenvalue weighted by atomic mass is 9.30. The Kier molecular flexibility index (Phi) is 8.35. The molecule has 0 spiro atoms. The van der Waals surface area contributed by atoms with Gasteiger partial charge in [-0.05, 0) is 123 Å². The highest BCUT2D eigenvalue weighted by Crippen LogP contribution is 2.79. The van der Waals surface area contributed by atoms with Crippen molar-refractivity contribution in [2.75, 3.05) is 13.2 Å². The number of ketones is 4. The number of aliphatic hydroxyl groups excluding tert-OH is 5. The molecule has 0 aromatic carbocycles. The van der Waals surface area contributed by atoms with E-state index in [4.69, 9.17) is 0 Å². The highest BCUT2D eigenvalue weighted by atomic mass is 16.3. The molecule has 8 aliphatic carbocycles. The van der Waals surface area contributed by atoms with Gasteiger partial charge in [0.2, 0.25) is 0 Å². The third-order valence-electron chi connectivity index (χ3n) is 18.5. The normalized spacial score (nSPS) is 54.4. The molecule has 6 saturated carbocycles.